The molecule has 2 aromatic rings. The highest BCUT2D eigenvalue weighted by Gasteiger charge is 2.17. The molecular weight excluding hydrogens is 298 g/mol. The minimum atomic E-state index is -0.661. The SMILES string of the molecule is CCOC(=O)c1cc(-c2ccncc2)nn(CCCCO)c1=O. The molecule has 0 aliphatic rings. The van der Waals surface area contributed by atoms with E-state index in [1.807, 2.05) is 0 Å². The monoisotopic (exact) mass is 317 g/mol. The quantitative estimate of drug-likeness (QED) is 0.610. The number of carbonyl (C=O) groups is 1. The second-order valence-corrected chi connectivity index (χ2v) is 4.86. The normalized spacial score (nSPS) is 10.5. The molecule has 7 nitrogen and oxygen atoms in total. The number of aryl methyl sites for hydroxylation is 1. The van der Waals surface area contributed by atoms with Crippen molar-refractivity contribution in [3.05, 3.63) is 46.5 Å². The minimum absolute atomic E-state index is 0.0438. The van der Waals surface area contributed by atoms with Crippen LogP contribution in [0.15, 0.2) is 35.4 Å². The summed E-state index contributed by atoms with van der Waals surface area (Å²) in [5, 5.41) is 13.2. The van der Waals surface area contributed by atoms with Gasteiger partial charge in [-0.3, -0.25) is 9.78 Å². The molecule has 0 amide bonds. The number of hydrogen-bond donors (Lipinski definition) is 1. The number of nitrogens with zero attached hydrogens (tertiary/aromatic N) is 3. The highest BCUT2D eigenvalue weighted by atomic mass is 16.5. The van der Waals surface area contributed by atoms with Crippen LogP contribution < -0.4 is 5.56 Å². The number of hydrogen-bond acceptors (Lipinski definition) is 6. The molecule has 0 aromatic carbocycles. The van der Waals surface area contributed by atoms with Crippen LogP contribution in [-0.2, 0) is 11.3 Å². The van der Waals surface area contributed by atoms with Crippen LogP contribution in [0.4, 0.5) is 0 Å². The third-order valence-corrected chi connectivity index (χ3v) is 3.22. The number of aliphatic hydroxyl groups excluding tert-OH is 1. The van der Waals surface area contributed by atoms with E-state index in [0.29, 0.717) is 25.1 Å². The minimum Gasteiger partial charge on any atom is -0.462 e. The number of carbonyl (C=O) groups excluding carboxylic acids is 1. The van der Waals surface area contributed by atoms with E-state index in [-0.39, 0.29) is 18.8 Å². The van der Waals surface area contributed by atoms with Crippen molar-refractivity contribution in [2.75, 3.05) is 13.2 Å². The maximum absolute atomic E-state index is 12.4. The summed E-state index contributed by atoms with van der Waals surface area (Å²) in [6.45, 7) is 2.24. The molecule has 0 unspecified atom stereocenters. The summed E-state index contributed by atoms with van der Waals surface area (Å²) in [4.78, 5) is 28.3. The van der Waals surface area contributed by atoms with E-state index in [4.69, 9.17) is 9.84 Å². The van der Waals surface area contributed by atoms with Crippen LogP contribution >= 0.6 is 0 Å². The highest BCUT2D eigenvalue weighted by molar-refractivity contribution is 5.90. The number of rotatable bonds is 7. The van der Waals surface area contributed by atoms with E-state index in [9.17, 15) is 9.59 Å². The standard InChI is InChI=1S/C16H19N3O4/c1-2-23-16(22)13-11-14(12-5-7-17-8-6-12)18-19(15(13)21)9-3-4-10-20/h5-8,11,20H,2-4,9-10H2,1H3. The van der Waals surface area contributed by atoms with E-state index in [0.717, 1.165) is 5.56 Å². The van der Waals surface area contributed by atoms with Gasteiger partial charge in [0.05, 0.1) is 12.3 Å². The molecule has 0 aliphatic carbocycles. The summed E-state index contributed by atoms with van der Waals surface area (Å²) in [6, 6.07) is 4.94. The lowest BCUT2D eigenvalue weighted by Gasteiger charge is -2.10. The van der Waals surface area contributed by atoms with Gasteiger partial charge in [-0.2, -0.15) is 5.10 Å². The van der Waals surface area contributed by atoms with Gasteiger partial charge in [0.2, 0.25) is 0 Å². The Labute approximate surface area is 133 Å². The van der Waals surface area contributed by atoms with Crippen molar-refractivity contribution in [1.29, 1.82) is 0 Å². The molecule has 0 fully saturated rings. The molecule has 0 aliphatic heterocycles. The zero-order valence-electron chi connectivity index (χ0n) is 12.9. The molecule has 2 rings (SSSR count). The molecule has 1 N–H and O–H groups in total. The molecule has 0 bridgehead atoms. The molecule has 122 valence electrons. The fourth-order valence-corrected chi connectivity index (χ4v) is 2.09. The summed E-state index contributed by atoms with van der Waals surface area (Å²) in [7, 11) is 0. The maximum Gasteiger partial charge on any atom is 0.343 e. The molecular formula is C16H19N3O4. The summed E-state index contributed by atoms with van der Waals surface area (Å²) in [5.41, 5.74) is 0.720. The Morgan fingerprint density at radius 3 is 2.70 bits per heavy atom. The van der Waals surface area contributed by atoms with Gasteiger partial charge in [-0.05, 0) is 38.0 Å². The Bertz CT molecular complexity index is 713. The Morgan fingerprint density at radius 2 is 2.04 bits per heavy atom. The number of ether oxygens (including phenoxy) is 1. The first-order valence-electron chi connectivity index (χ1n) is 7.48. The Hall–Kier alpha value is -2.54. The highest BCUT2D eigenvalue weighted by Crippen LogP contribution is 2.15. The smallest absolute Gasteiger partial charge is 0.343 e. The van der Waals surface area contributed by atoms with Crippen LogP contribution in [0.25, 0.3) is 11.3 Å². The first kappa shape index (κ1) is 16.8. The van der Waals surface area contributed by atoms with Crippen LogP contribution in [0.5, 0.6) is 0 Å². The molecule has 7 heteroatoms. The number of unbranched alkanes of at least 4 members (excludes halogenated alkanes) is 1. The summed E-state index contributed by atoms with van der Waals surface area (Å²) < 4.78 is 6.20. The lowest BCUT2D eigenvalue weighted by atomic mass is 10.1. The van der Waals surface area contributed by atoms with Crippen molar-refractivity contribution >= 4 is 5.97 Å². The molecule has 23 heavy (non-hydrogen) atoms. The topological polar surface area (TPSA) is 94.3 Å². The summed E-state index contributed by atoms with van der Waals surface area (Å²) >= 11 is 0. The van der Waals surface area contributed by atoms with Crippen LogP contribution in [0.1, 0.15) is 30.1 Å². The van der Waals surface area contributed by atoms with Gasteiger partial charge in [0, 0.05) is 31.1 Å². The first-order chi connectivity index (χ1) is 11.2. The van der Waals surface area contributed by atoms with E-state index in [2.05, 4.69) is 10.1 Å². The Kier molecular flexibility index (Phi) is 5.99. The third kappa shape index (κ3) is 4.23. The predicted octanol–water partition coefficient (Wildman–Crippen LogP) is 1.25. The van der Waals surface area contributed by atoms with E-state index < -0.39 is 11.5 Å². The van der Waals surface area contributed by atoms with Crippen LogP contribution in [0.2, 0.25) is 0 Å². The molecule has 2 aromatic heterocycles. The van der Waals surface area contributed by atoms with Crippen molar-refractivity contribution in [2.24, 2.45) is 0 Å². The maximum atomic E-state index is 12.4. The number of esters is 1. The van der Waals surface area contributed by atoms with Gasteiger partial charge in [0.1, 0.15) is 5.56 Å². The second-order valence-electron chi connectivity index (χ2n) is 4.86. The van der Waals surface area contributed by atoms with Crippen molar-refractivity contribution in [3.63, 3.8) is 0 Å². The van der Waals surface area contributed by atoms with Crippen LogP contribution in [0, 0.1) is 0 Å². The van der Waals surface area contributed by atoms with Gasteiger partial charge in [-0.25, -0.2) is 9.48 Å². The van der Waals surface area contributed by atoms with Crippen molar-refractivity contribution in [2.45, 2.75) is 26.3 Å². The molecule has 0 radical (unpaired) electrons. The van der Waals surface area contributed by atoms with Gasteiger partial charge in [0.15, 0.2) is 0 Å². The van der Waals surface area contributed by atoms with Gasteiger partial charge in [-0.1, -0.05) is 0 Å². The van der Waals surface area contributed by atoms with Crippen LogP contribution in [0.3, 0.4) is 0 Å². The molecule has 0 spiro atoms. The Morgan fingerprint density at radius 1 is 1.30 bits per heavy atom. The average Bonchev–Trinajstić information content (AvgIpc) is 2.57. The van der Waals surface area contributed by atoms with Crippen LogP contribution in [-0.4, -0.2) is 39.1 Å². The fourth-order valence-electron chi connectivity index (χ4n) is 2.09. The van der Waals surface area contributed by atoms with Gasteiger partial charge in [-0.15, -0.1) is 0 Å². The molecule has 0 saturated carbocycles. The molecule has 2 heterocycles. The zero-order chi connectivity index (χ0) is 16.7. The third-order valence-electron chi connectivity index (χ3n) is 3.22. The van der Waals surface area contributed by atoms with Gasteiger partial charge < -0.3 is 9.84 Å². The number of aromatic nitrogens is 3. The van der Waals surface area contributed by atoms with Crippen molar-refractivity contribution in [1.82, 2.24) is 14.8 Å². The fraction of sp³-hybridized carbons (Fsp3) is 0.375. The molecule has 0 saturated heterocycles. The summed E-state index contributed by atoms with van der Waals surface area (Å²) in [6.07, 6.45) is 4.37. The van der Waals surface area contributed by atoms with E-state index >= 15 is 0 Å². The van der Waals surface area contributed by atoms with Gasteiger partial charge >= 0.3 is 5.97 Å². The number of aliphatic hydroxyl groups is 1. The lowest BCUT2D eigenvalue weighted by Crippen LogP contribution is -2.30. The van der Waals surface area contributed by atoms with Crippen molar-refractivity contribution < 1.29 is 14.6 Å². The zero-order valence-corrected chi connectivity index (χ0v) is 12.9. The largest absolute Gasteiger partial charge is 0.462 e. The second kappa shape index (κ2) is 8.19. The number of pyridine rings is 1. The van der Waals surface area contributed by atoms with Crippen molar-refractivity contribution in [3.8, 4) is 11.3 Å². The van der Waals surface area contributed by atoms with E-state index in [1.165, 1.54) is 10.7 Å². The Balaban J connectivity index is 2.46. The molecule has 0 atom stereocenters. The predicted molar refractivity (Wildman–Crippen MR) is 84.0 cm³/mol. The lowest BCUT2D eigenvalue weighted by molar-refractivity contribution is 0.0523. The summed E-state index contributed by atoms with van der Waals surface area (Å²) in [5.74, 6) is -0.661. The van der Waals surface area contributed by atoms with Gasteiger partial charge in [0.25, 0.3) is 5.56 Å². The first-order valence-corrected chi connectivity index (χ1v) is 7.48. The van der Waals surface area contributed by atoms with E-state index in [1.54, 1.807) is 31.5 Å². The average molecular weight is 317 g/mol.